The predicted molar refractivity (Wildman–Crippen MR) is 127 cm³/mol. The van der Waals surface area contributed by atoms with E-state index in [1.165, 1.54) is 19.5 Å². The van der Waals surface area contributed by atoms with Crippen molar-refractivity contribution in [3.8, 4) is 22.3 Å². The van der Waals surface area contributed by atoms with Gasteiger partial charge in [0.15, 0.2) is 0 Å². The van der Waals surface area contributed by atoms with Crippen LogP contribution in [0.15, 0.2) is 54.6 Å². The summed E-state index contributed by atoms with van der Waals surface area (Å²) in [6.07, 6.45) is 2.16. The van der Waals surface area contributed by atoms with Gasteiger partial charge in [-0.15, -0.1) is 0 Å². The van der Waals surface area contributed by atoms with Crippen LogP contribution in [0.5, 0.6) is 0 Å². The molecule has 6 heteroatoms. The summed E-state index contributed by atoms with van der Waals surface area (Å²) in [7, 11) is 2.18. The molecular formula is C26H29FN4O. The van der Waals surface area contributed by atoms with Crippen LogP contribution in [-0.2, 0) is 6.42 Å². The number of amides is 1. The number of carbonyl (C=O) groups excluding carboxylic acids is 1. The molecule has 5 nitrogen and oxygen atoms in total. The summed E-state index contributed by atoms with van der Waals surface area (Å²) < 4.78 is 14.3. The van der Waals surface area contributed by atoms with E-state index in [0.717, 1.165) is 29.0 Å². The normalized spacial score (nSPS) is 17.8. The Morgan fingerprint density at radius 3 is 2.50 bits per heavy atom. The van der Waals surface area contributed by atoms with Crippen LogP contribution in [0.2, 0.25) is 0 Å². The zero-order valence-electron chi connectivity index (χ0n) is 18.6. The van der Waals surface area contributed by atoms with E-state index in [9.17, 15) is 9.18 Å². The molecule has 1 atom stereocenters. The molecule has 3 N–H and O–H groups in total. The van der Waals surface area contributed by atoms with Gasteiger partial charge in [-0.05, 0) is 61.2 Å². The van der Waals surface area contributed by atoms with Crippen LogP contribution in [-0.4, -0.2) is 42.5 Å². The van der Waals surface area contributed by atoms with Gasteiger partial charge in [0.05, 0.1) is 0 Å². The molecule has 2 aliphatic rings. The largest absolute Gasteiger partial charge is 0.383 e. The smallest absolute Gasteiger partial charge is 0.251 e. The summed E-state index contributed by atoms with van der Waals surface area (Å²) in [5.41, 5.74) is 10.2. The van der Waals surface area contributed by atoms with E-state index in [1.807, 2.05) is 42.5 Å². The summed E-state index contributed by atoms with van der Waals surface area (Å²) in [4.78, 5) is 18.2. The lowest BCUT2D eigenvalue weighted by atomic mass is 9.94. The topological polar surface area (TPSA) is 71.2 Å². The van der Waals surface area contributed by atoms with Crippen LogP contribution in [0.4, 0.5) is 10.2 Å². The molecule has 0 spiro atoms. The van der Waals surface area contributed by atoms with Gasteiger partial charge in [-0.25, -0.2) is 4.98 Å². The molecule has 0 radical (unpaired) electrons. The number of anilines is 1. The average Bonchev–Trinajstić information content (AvgIpc) is 3.17. The third-order valence-corrected chi connectivity index (χ3v) is 6.06. The first kappa shape index (κ1) is 22.0. The number of carbonyl (C=O) groups is 1. The first-order chi connectivity index (χ1) is 15.4. The first-order valence-electron chi connectivity index (χ1n) is 11.0. The Morgan fingerprint density at radius 2 is 1.84 bits per heavy atom. The summed E-state index contributed by atoms with van der Waals surface area (Å²) in [6.45, 7) is 5.53. The molecule has 1 saturated heterocycles. The van der Waals surface area contributed by atoms with Crippen molar-refractivity contribution >= 4 is 11.7 Å². The lowest BCUT2D eigenvalue weighted by Gasteiger charge is -2.18. The van der Waals surface area contributed by atoms with Crippen LogP contribution in [0.25, 0.3) is 22.3 Å². The molecule has 2 aromatic carbocycles. The molecule has 0 saturated carbocycles. The minimum Gasteiger partial charge on any atom is -0.383 e. The van der Waals surface area contributed by atoms with Gasteiger partial charge >= 0.3 is 0 Å². The number of benzene rings is 2. The summed E-state index contributed by atoms with van der Waals surface area (Å²) in [5.74, 6) is 0.426. The van der Waals surface area contributed by atoms with Crippen molar-refractivity contribution < 1.29 is 9.18 Å². The van der Waals surface area contributed by atoms with Gasteiger partial charge in [0.1, 0.15) is 5.82 Å². The maximum Gasteiger partial charge on any atom is 0.251 e. The van der Waals surface area contributed by atoms with Crippen LogP contribution in [0, 0.1) is 11.9 Å². The zero-order chi connectivity index (χ0) is 22.7. The molecule has 166 valence electrons. The fourth-order valence-corrected chi connectivity index (χ4v) is 4.31. The molecule has 32 heavy (non-hydrogen) atoms. The Bertz CT molecular complexity index is 1110. The molecule has 2 aliphatic heterocycles. The van der Waals surface area contributed by atoms with Crippen molar-refractivity contribution in [1.29, 1.82) is 0 Å². The highest BCUT2D eigenvalue weighted by Crippen LogP contribution is 2.33. The van der Waals surface area contributed by atoms with Crippen molar-refractivity contribution in [2.24, 2.45) is 5.92 Å². The number of aromatic nitrogens is 1. The highest BCUT2D eigenvalue weighted by Gasteiger charge is 2.19. The highest BCUT2D eigenvalue weighted by atomic mass is 19.1. The molecule has 1 fully saturated rings. The Kier molecular flexibility index (Phi) is 6.51. The number of nitrogens with two attached hydrogens (primary N) is 1. The number of nitrogens with zero attached hydrogens (tertiary/aromatic N) is 2. The van der Waals surface area contributed by atoms with Crippen LogP contribution < -0.4 is 11.1 Å². The number of pyridine rings is 1. The van der Waals surface area contributed by atoms with Crippen LogP contribution in [0.1, 0.15) is 29.3 Å². The minimum absolute atomic E-state index is 0.0667. The first-order valence-corrected chi connectivity index (χ1v) is 11.0. The maximum atomic E-state index is 14.3. The van der Waals surface area contributed by atoms with E-state index in [2.05, 4.69) is 29.2 Å². The fourth-order valence-electron chi connectivity index (χ4n) is 4.31. The van der Waals surface area contributed by atoms with Crippen molar-refractivity contribution in [2.45, 2.75) is 19.8 Å². The second-order valence-corrected chi connectivity index (χ2v) is 8.66. The number of halogens is 1. The molecule has 1 aromatic heterocycles. The Hall–Kier alpha value is -3.25. The number of hydrogen-bond acceptors (Lipinski definition) is 4. The van der Waals surface area contributed by atoms with Gasteiger partial charge in [0.2, 0.25) is 5.95 Å². The monoisotopic (exact) mass is 432 g/mol. The summed E-state index contributed by atoms with van der Waals surface area (Å²) in [5, 5.41) is 2.82. The van der Waals surface area contributed by atoms with Gasteiger partial charge in [-0.2, -0.15) is 4.39 Å². The molecular weight excluding hydrogens is 403 g/mol. The number of fused-ring (bicyclic) bond motifs is 1. The second kappa shape index (κ2) is 9.49. The van der Waals surface area contributed by atoms with E-state index in [-0.39, 0.29) is 11.7 Å². The predicted octanol–water partition coefficient (Wildman–Crippen LogP) is 4.38. The molecule has 0 bridgehead atoms. The molecule has 1 unspecified atom stereocenters. The average molecular weight is 433 g/mol. The van der Waals surface area contributed by atoms with Gasteiger partial charge in [-0.3, -0.25) is 4.79 Å². The van der Waals surface area contributed by atoms with Crippen molar-refractivity contribution in [3.63, 3.8) is 0 Å². The Labute approximate surface area is 188 Å². The van der Waals surface area contributed by atoms with Gasteiger partial charge < -0.3 is 16.0 Å². The summed E-state index contributed by atoms with van der Waals surface area (Å²) in [6, 6.07) is 16.5. The fraction of sp³-hybridized carbons (Fsp3) is 0.308. The molecule has 3 heterocycles. The van der Waals surface area contributed by atoms with E-state index >= 15 is 0 Å². The quantitative estimate of drug-likeness (QED) is 0.590. The Morgan fingerprint density at radius 1 is 1.06 bits per heavy atom. The number of nitrogen functional groups attached to an aromatic ring is 1. The van der Waals surface area contributed by atoms with Crippen LogP contribution >= 0.6 is 0 Å². The highest BCUT2D eigenvalue weighted by molar-refractivity contribution is 5.97. The molecule has 3 aromatic rings. The second-order valence-electron chi connectivity index (χ2n) is 8.66. The minimum atomic E-state index is -0.593. The van der Waals surface area contributed by atoms with E-state index in [4.69, 9.17) is 5.73 Å². The summed E-state index contributed by atoms with van der Waals surface area (Å²) >= 11 is 0. The number of hydrogen-bond donors (Lipinski definition) is 2. The van der Waals surface area contributed by atoms with E-state index in [0.29, 0.717) is 23.2 Å². The van der Waals surface area contributed by atoms with Gasteiger partial charge in [0.25, 0.3) is 5.91 Å². The molecule has 1 amide bonds. The standard InChI is InChI=1S/C20H16FN3O.C6H13N/c21-18-16(12-4-2-1-3-5-12)11-17(19(22)24-18)13-6-7-15-14(10-13)8-9-23-20(15)25;1-6-3-4-7(2)5-6/h1-7,10-11H,8-9H2,(H2,22,24)(H,23,25);6H,3-5H2,1-2H3. The maximum absolute atomic E-state index is 14.3. The van der Waals surface area contributed by atoms with Crippen molar-refractivity contribution in [2.75, 3.05) is 32.4 Å². The van der Waals surface area contributed by atoms with E-state index in [1.54, 1.807) is 12.1 Å². The zero-order valence-corrected chi connectivity index (χ0v) is 18.6. The third-order valence-electron chi connectivity index (χ3n) is 6.06. The molecule has 5 rings (SSSR count). The lowest BCUT2D eigenvalue weighted by Crippen LogP contribution is -2.31. The number of likely N-dealkylation sites (tertiary alicyclic amines) is 1. The number of rotatable bonds is 2. The third kappa shape index (κ3) is 4.81. The number of nitrogens with one attached hydrogen (secondary N) is 1. The van der Waals surface area contributed by atoms with Crippen LogP contribution in [0.3, 0.4) is 0 Å². The van der Waals surface area contributed by atoms with Crippen molar-refractivity contribution in [3.05, 3.63) is 71.7 Å². The van der Waals surface area contributed by atoms with Crippen molar-refractivity contribution in [1.82, 2.24) is 15.2 Å². The van der Waals surface area contributed by atoms with Gasteiger partial charge in [0, 0.05) is 29.8 Å². The lowest BCUT2D eigenvalue weighted by molar-refractivity contribution is 0.0946. The Balaban J connectivity index is 0.000000300. The van der Waals surface area contributed by atoms with Gasteiger partial charge in [-0.1, -0.05) is 49.4 Å². The SMILES string of the molecule is CC1CCN(C)C1.Nc1nc(F)c(-c2ccccc2)cc1-c1ccc2c(c1)CCNC2=O. The molecule has 0 aliphatic carbocycles. The van der Waals surface area contributed by atoms with E-state index < -0.39 is 5.95 Å².